The van der Waals surface area contributed by atoms with Crippen LogP contribution in [0.15, 0.2) is 60.7 Å². The summed E-state index contributed by atoms with van der Waals surface area (Å²) in [7, 11) is 0. The van der Waals surface area contributed by atoms with Crippen LogP contribution in [0.4, 0.5) is 0 Å². The highest BCUT2D eigenvalue weighted by atomic mass is 35.5. The van der Waals surface area contributed by atoms with Crippen molar-refractivity contribution in [3.63, 3.8) is 0 Å². The van der Waals surface area contributed by atoms with Gasteiger partial charge in [0.05, 0.1) is 13.2 Å². The second-order valence-electron chi connectivity index (χ2n) is 5.26. The number of carbonyl (C=O) groups is 2. The molecule has 27 heavy (non-hydrogen) atoms. The van der Waals surface area contributed by atoms with Crippen molar-refractivity contribution in [3.8, 4) is 0 Å². The van der Waals surface area contributed by atoms with Gasteiger partial charge in [0.1, 0.15) is 13.2 Å². The molecule has 0 spiro atoms. The summed E-state index contributed by atoms with van der Waals surface area (Å²) in [6.07, 6.45) is 0. The number of ether oxygens (including phenoxy) is 2. The quantitative estimate of drug-likeness (QED) is 0.713. The summed E-state index contributed by atoms with van der Waals surface area (Å²) in [4.78, 5) is 23.6. The molecule has 1 aliphatic rings. The molecular formula is C20H23Cl2NO4. The van der Waals surface area contributed by atoms with E-state index in [-0.39, 0.29) is 25.0 Å². The van der Waals surface area contributed by atoms with Gasteiger partial charge in [-0.2, -0.15) is 0 Å². The molecule has 3 rings (SSSR count). The Hall–Kier alpha value is -2.08. The number of esters is 1. The molecule has 0 aromatic heterocycles. The highest BCUT2D eigenvalue weighted by Crippen LogP contribution is 2.04. The van der Waals surface area contributed by atoms with Crippen LogP contribution >= 0.6 is 23.2 Å². The van der Waals surface area contributed by atoms with E-state index in [9.17, 15) is 9.59 Å². The standard InChI is InChI=1S/C8H13NO4.2C6H5Cl/c1-2-13-8(11)5-9-3-4-12-6-7(9)10;2*7-6-4-2-1-3-5-6/h2-6H2,1H3;2*1-5H. The number of rotatable bonds is 3. The number of hydrogen-bond acceptors (Lipinski definition) is 4. The maximum Gasteiger partial charge on any atom is 0.325 e. The van der Waals surface area contributed by atoms with Gasteiger partial charge in [0.2, 0.25) is 5.91 Å². The number of benzene rings is 2. The van der Waals surface area contributed by atoms with Crippen molar-refractivity contribution >= 4 is 35.1 Å². The maximum atomic E-state index is 11.1. The molecule has 1 saturated heterocycles. The first kappa shape index (κ1) is 23.0. The topological polar surface area (TPSA) is 55.8 Å². The Bertz CT molecular complexity index is 631. The average molecular weight is 412 g/mol. The molecule has 0 aliphatic carbocycles. The molecule has 2 aromatic rings. The summed E-state index contributed by atoms with van der Waals surface area (Å²) in [6.45, 7) is 3.15. The van der Waals surface area contributed by atoms with Crippen LogP contribution < -0.4 is 0 Å². The fraction of sp³-hybridized carbons (Fsp3) is 0.300. The molecule has 0 unspecified atom stereocenters. The molecule has 1 amide bonds. The van der Waals surface area contributed by atoms with Gasteiger partial charge in [-0.3, -0.25) is 9.59 Å². The lowest BCUT2D eigenvalue weighted by molar-refractivity contribution is -0.154. The van der Waals surface area contributed by atoms with Crippen LogP contribution in [-0.4, -0.2) is 49.7 Å². The van der Waals surface area contributed by atoms with Crippen LogP contribution in [0, 0.1) is 0 Å². The van der Waals surface area contributed by atoms with Crippen LogP contribution in [0.3, 0.4) is 0 Å². The molecule has 0 bridgehead atoms. The van der Waals surface area contributed by atoms with Crippen LogP contribution in [0.25, 0.3) is 0 Å². The average Bonchev–Trinajstić information content (AvgIpc) is 2.66. The summed E-state index contributed by atoms with van der Waals surface area (Å²) < 4.78 is 9.63. The van der Waals surface area contributed by atoms with E-state index in [1.807, 2.05) is 60.7 Å². The van der Waals surface area contributed by atoms with E-state index in [1.165, 1.54) is 4.90 Å². The zero-order valence-corrected chi connectivity index (χ0v) is 16.7. The molecule has 2 aromatic carbocycles. The Kier molecular flexibility index (Phi) is 11.9. The minimum atomic E-state index is -0.363. The number of amides is 1. The molecule has 0 atom stereocenters. The third-order valence-electron chi connectivity index (χ3n) is 3.18. The van der Waals surface area contributed by atoms with E-state index in [0.717, 1.165) is 10.0 Å². The highest BCUT2D eigenvalue weighted by molar-refractivity contribution is 6.30. The van der Waals surface area contributed by atoms with Crippen molar-refractivity contribution in [2.45, 2.75) is 6.92 Å². The number of morpholine rings is 1. The van der Waals surface area contributed by atoms with E-state index in [1.54, 1.807) is 6.92 Å². The van der Waals surface area contributed by atoms with Gasteiger partial charge in [0.25, 0.3) is 0 Å². The molecule has 1 fully saturated rings. The van der Waals surface area contributed by atoms with Gasteiger partial charge in [-0.05, 0) is 31.2 Å². The lowest BCUT2D eigenvalue weighted by Crippen LogP contribution is -2.44. The third kappa shape index (κ3) is 11.3. The Balaban J connectivity index is 0.000000220. The van der Waals surface area contributed by atoms with E-state index in [2.05, 4.69) is 0 Å². The van der Waals surface area contributed by atoms with Crippen molar-refractivity contribution in [2.75, 3.05) is 32.9 Å². The molecule has 5 nitrogen and oxygen atoms in total. The summed E-state index contributed by atoms with van der Waals surface area (Å²) in [5, 5.41) is 1.59. The zero-order valence-electron chi connectivity index (χ0n) is 15.1. The number of carbonyl (C=O) groups excluding carboxylic acids is 2. The minimum Gasteiger partial charge on any atom is -0.465 e. The fourth-order valence-electron chi connectivity index (χ4n) is 1.91. The highest BCUT2D eigenvalue weighted by Gasteiger charge is 2.21. The first-order valence-electron chi connectivity index (χ1n) is 8.45. The summed E-state index contributed by atoms with van der Waals surface area (Å²) >= 11 is 11.1. The Morgan fingerprint density at radius 1 is 1.04 bits per heavy atom. The van der Waals surface area contributed by atoms with Crippen LogP contribution in [-0.2, 0) is 19.1 Å². The van der Waals surface area contributed by atoms with Gasteiger partial charge >= 0.3 is 5.97 Å². The largest absolute Gasteiger partial charge is 0.465 e. The first-order valence-corrected chi connectivity index (χ1v) is 9.20. The van der Waals surface area contributed by atoms with Crippen LogP contribution in [0.1, 0.15) is 6.92 Å². The summed E-state index contributed by atoms with van der Waals surface area (Å²) in [6, 6.07) is 18.9. The van der Waals surface area contributed by atoms with Gasteiger partial charge in [0.15, 0.2) is 0 Å². The second-order valence-corrected chi connectivity index (χ2v) is 6.14. The summed E-state index contributed by atoms with van der Waals surface area (Å²) in [5.74, 6) is -0.517. The van der Waals surface area contributed by atoms with Crippen molar-refractivity contribution < 1.29 is 19.1 Å². The first-order chi connectivity index (χ1) is 13.0. The van der Waals surface area contributed by atoms with Crippen molar-refractivity contribution in [3.05, 3.63) is 70.7 Å². The molecule has 7 heteroatoms. The van der Waals surface area contributed by atoms with Crippen molar-refractivity contribution in [1.29, 1.82) is 0 Å². The van der Waals surface area contributed by atoms with Gasteiger partial charge < -0.3 is 14.4 Å². The SMILES string of the molecule is CCOC(=O)CN1CCOCC1=O.Clc1ccccc1.Clc1ccccc1. The van der Waals surface area contributed by atoms with E-state index in [0.29, 0.717) is 19.8 Å². The maximum absolute atomic E-state index is 11.1. The molecule has 0 radical (unpaired) electrons. The normalized spacial score (nSPS) is 12.9. The molecule has 1 aliphatic heterocycles. The van der Waals surface area contributed by atoms with Gasteiger partial charge in [-0.15, -0.1) is 0 Å². The number of hydrogen-bond donors (Lipinski definition) is 0. The Morgan fingerprint density at radius 3 is 1.93 bits per heavy atom. The zero-order chi connectivity index (χ0) is 19.9. The van der Waals surface area contributed by atoms with E-state index < -0.39 is 0 Å². The lowest BCUT2D eigenvalue weighted by Gasteiger charge is -2.25. The Labute approximate surface area is 169 Å². The lowest BCUT2D eigenvalue weighted by atomic mass is 10.4. The van der Waals surface area contributed by atoms with Crippen LogP contribution in [0.5, 0.6) is 0 Å². The molecular weight excluding hydrogens is 389 g/mol. The predicted octanol–water partition coefficient (Wildman–Crippen LogP) is 4.09. The van der Waals surface area contributed by atoms with Gasteiger partial charge in [-0.25, -0.2) is 0 Å². The van der Waals surface area contributed by atoms with E-state index >= 15 is 0 Å². The van der Waals surface area contributed by atoms with Gasteiger partial charge in [0, 0.05) is 16.6 Å². The molecule has 146 valence electrons. The second kappa shape index (κ2) is 14.0. The van der Waals surface area contributed by atoms with Crippen LogP contribution in [0.2, 0.25) is 10.0 Å². The van der Waals surface area contributed by atoms with E-state index in [4.69, 9.17) is 32.7 Å². The summed E-state index contributed by atoms with van der Waals surface area (Å²) in [5.41, 5.74) is 0. The smallest absolute Gasteiger partial charge is 0.325 e. The minimum absolute atomic E-state index is 0.0377. The fourth-order valence-corrected chi connectivity index (χ4v) is 2.20. The van der Waals surface area contributed by atoms with Gasteiger partial charge in [-0.1, -0.05) is 59.6 Å². The number of nitrogens with zero attached hydrogens (tertiary/aromatic N) is 1. The monoisotopic (exact) mass is 411 g/mol. The number of halogens is 2. The molecule has 0 N–H and O–H groups in total. The predicted molar refractivity (Wildman–Crippen MR) is 107 cm³/mol. The Morgan fingerprint density at radius 2 is 1.56 bits per heavy atom. The molecule has 1 heterocycles. The van der Waals surface area contributed by atoms with Crippen molar-refractivity contribution in [1.82, 2.24) is 4.90 Å². The third-order valence-corrected chi connectivity index (χ3v) is 3.68. The van der Waals surface area contributed by atoms with Crippen molar-refractivity contribution in [2.24, 2.45) is 0 Å². The molecule has 0 saturated carbocycles.